The van der Waals surface area contributed by atoms with Crippen LogP contribution in [0.15, 0.2) is 42.6 Å². The van der Waals surface area contributed by atoms with Crippen LogP contribution in [0.3, 0.4) is 0 Å². The predicted molar refractivity (Wildman–Crippen MR) is 131 cm³/mol. The number of rotatable bonds is 8. The van der Waals surface area contributed by atoms with Crippen molar-refractivity contribution in [2.24, 2.45) is 0 Å². The molecule has 1 aliphatic rings. The van der Waals surface area contributed by atoms with Crippen LogP contribution in [-0.4, -0.2) is 72.0 Å². The number of carbonyl (C=O) groups is 2. The monoisotopic (exact) mass is 452 g/mol. The largest absolute Gasteiger partial charge is 0.462 e. The Kier molecular flexibility index (Phi) is 8.83. The van der Waals surface area contributed by atoms with E-state index in [1.54, 1.807) is 19.2 Å². The summed E-state index contributed by atoms with van der Waals surface area (Å²) in [5.74, 6) is 0.527. The standard InChI is InChI=1S/C26H36N4O3/c1-5-28(20(3)4)19-21-8-10-22(11-9-21)25(31)30-15-7-14-29(16-17-30)24-13-12-23(18-27-24)26(32)33-6-2/h8-13,18,20H,5-7,14-17,19H2,1-4H3. The van der Waals surface area contributed by atoms with Gasteiger partial charge in [-0.1, -0.05) is 19.1 Å². The Hall–Kier alpha value is -2.93. The van der Waals surface area contributed by atoms with E-state index in [9.17, 15) is 9.59 Å². The van der Waals surface area contributed by atoms with Crippen molar-refractivity contribution in [3.8, 4) is 0 Å². The van der Waals surface area contributed by atoms with E-state index in [4.69, 9.17) is 4.74 Å². The Morgan fingerprint density at radius 2 is 1.73 bits per heavy atom. The summed E-state index contributed by atoms with van der Waals surface area (Å²) in [5.41, 5.74) is 2.41. The molecule has 0 atom stereocenters. The zero-order valence-corrected chi connectivity index (χ0v) is 20.3. The predicted octanol–water partition coefficient (Wildman–Crippen LogP) is 3.84. The number of nitrogens with zero attached hydrogens (tertiary/aromatic N) is 4. The number of aromatic nitrogens is 1. The van der Waals surface area contributed by atoms with Crippen molar-refractivity contribution >= 4 is 17.7 Å². The first kappa shape index (κ1) is 24.7. The zero-order valence-electron chi connectivity index (χ0n) is 20.3. The lowest BCUT2D eigenvalue weighted by Crippen LogP contribution is -2.35. The molecular weight excluding hydrogens is 416 g/mol. The molecule has 7 heteroatoms. The third kappa shape index (κ3) is 6.54. The first-order valence-corrected chi connectivity index (χ1v) is 11.9. The summed E-state index contributed by atoms with van der Waals surface area (Å²) < 4.78 is 5.02. The number of pyridine rings is 1. The molecule has 0 saturated carbocycles. The highest BCUT2D eigenvalue weighted by atomic mass is 16.5. The van der Waals surface area contributed by atoms with E-state index in [-0.39, 0.29) is 11.9 Å². The zero-order chi connectivity index (χ0) is 23.8. The summed E-state index contributed by atoms with van der Waals surface area (Å²) in [6.07, 6.45) is 2.42. The molecule has 0 spiro atoms. The van der Waals surface area contributed by atoms with Crippen LogP contribution < -0.4 is 4.90 Å². The minimum absolute atomic E-state index is 0.0743. The number of hydrogen-bond acceptors (Lipinski definition) is 6. The van der Waals surface area contributed by atoms with Crippen LogP contribution in [-0.2, 0) is 11.3 Å². The number of benzene rings is 1. The van der Waals surface area contributed by atoms with Gasteiger partial charge >= 0.3 is 5.97 Å². The Morgan fingerprint density at radius 1 is 1.00 bits per heavy atom. The maximum absolute atomic E-state index is 13.1. The molecule has 33 heavy (non-hydrogen) atoms. The molecule has 1 fully saturated rings. The van der Waals surface area contributed by atoms with Crippen LogP contribution in [0.2, 0.25) is 0 Å². The smallest absolute Gasteiger partial charge is 0.339 e. The second kappa shape index (κ2) is 11.8. The van der Waals surface area contributed by atoms with Gasteiger partial charge in [0.05, 0.1) is 12.2 Å². The van der Waals surface area contributed by atoms with Gasteiger partial charge in [-0.05, 0) is 63.6 Å². The number of esters is 1. The van der Waals surface area contributed by atoms with Gasteiger partial charge in [0.1, 0.15) is 5.82 Å². The van der Waals surface area contributed by atoms with Gasteiger partial charge < -0.3 is 14.5 Å². The van der Waals surface area contributed by atoms with E-state index >= 15 is 0 Å². The van der Waals surface area contributed by atoms with Crippen LogP contribution in [0.5, 0.6) is 0 Å². The Labute approximate surface area is 197 Å². The topological polar surface area (TPSA) is 66.0 Å². The minimum atomic E-state index is -0.359. The van der Waals surface area contributed by atoms with Crippen molar-refractivity contribution in [2.75, 3.05) is 44.2 Å². The second-order valence-electron chi connectivity index (χ2n) is 8.61. The second-order valence-corrected chi connectivity index (χ2v) is 8.61. The molecule has 1 saturated heterocycles. The van der Waals surface area contributed by atoms with E-state index < -0.39 is 0 Å². The van der Waals surface area contributed by atoms with Crippen molar-refractivity contribution in [3.05, 3.63) is 59.3 Å². The van der Waals surface area contributed by atoms with Crippen molar-refractivity contribution in [1.29, 1.82) is 0 Å². The highest BCUT2D eigenvalue weighted by Gasteiger charge is 2.21. The van der Waals surface area contributed by atoms with Gasteiger partial charge in [0, 0.05) is 50.5 Å². The molecule has 0 bridgehead atoms. The highest BCUT2D eigenvalue weighted by molar-refractivity contribution is 5.94. The molecule has 1 aliphatic heterocycles. The van der Waals surface area contributed by atoms with E-state index in [0.29, 0.717) is 31.3 Å². The van der Waals surface area contributed by atoms with Crippen LogP contribution in [0.4, 0.5) is 5.82 Å². The summed E-state index contributed by atoms with van der Waals surface area (Å²) in [5, 5.41) is 0. The summed E-state index contributed by atoms with van der Waals surface area (Å²) >= 11 is 0. The number of hydrogen-bond donors (Lipinski definition) is 0. The molecule has 1 aromatic heterocycles. The van der Waals surface area contributed by atoms with E-state index in [1.807, 2.05) is 23.1 Å². The first-order chi connectivity index (χ1) is 15.9. The molecule has 7 nitrogen and oxygen atoms in total. The molecule has 3 rings (SSSR count). The molecule has 2 aromatic rings. The Morgan fingerprint density at radius 3 is 2.33 bits per heavy atom. The summed E-state index contributed by atoms with van der Waals surface area (Å²) in [6.45, 7) is 13.5. The molecule has 1 aromatic carbocycles. The van der Waals surface area contributed by atoms with Gasteiger partial charge in [-0.15, -0.1) is 0 Å². The fourth-order valence-corrected chi connectivity index (χ4v) is 4.09. The molecule has 1 amide bonds. The van der Waals surface area contributed by atoms with Crippen molar-refractivity contribution in [2.45, 2.75) is 46.7 Å². The number of anilines is 1. The lowest BCUT2D eigenvalue weighted by Gasteiger charge is -2.25. The summed E-state index contributed by atoms with van der Waals surface area (Å²) in [7, 11) is 0. The lowest BCUT2D eigenvalue weighted by molar-refractivity contribution is 0.0525. The fraction of sp³-hybridized carbons (Fsp3) is 0.500. The average Bonchev–Trinajstić information content (AvgIpc) is 3.09. The SMILES string of the molecule is CCOC(=O)c1ccc(N2CCCN(C(=O)c3ccc(CN(CC)C(C)C)cc3)CC2)nc1. The van der Waals surface area contributed by atoms with Gasteiger partial charge in [0.2, 0.25) is 0 Å². The molecule has 0 radical (unpaired) electrons. The summed E-state index contributed by atoms with van der Waals surface area (Å²) in [6, 6.07) is 12.1. The average molecular weight is 453 g/mol. The minimum Gasteiger partial charge on any atom is -0.462 e. The fourth-order valence-electron chi connectivity index (χ4n) is 4.09. The van der Waals surface area contributed by atoms with Gasteiger partial charge in [-0.2, -0.15) is 0 Å². The Bertz CT molecular complexity index is 912. The third-order valence-electron chi connectivity index (χ3n) is 6.09. The summed E-state index contributed by atoms with van der Waals surface area (Å²) in [4.78, 5) is 35.9. The van der Waals surface area contributed by atoms with E-state index in [2.05, 4.69) is 47.7 Å². The molecule has 0 aliphatic carbocycles. The molecule has 2 heterocycles. The molecular formula is C26H36N4O3. The van der Waals surface area contributed by atoms with Crippen molar-refractivity contribution < 1.29 is 14.3 Å². The van der Waals surface area contributed by atoms with Crippen LogP contribution >= 0.6 is 0 Å². The van der Waals surface area contributed by atoms with Crippen LogP contribution in [0.1, 0.15) is 60.4 Å². The maximum Gasteiger partial charge on any atom is 0.339 e. The lowest BCUT2D eigenvalue weighted by atomic mass is 10.1. The van der Waals surface area contributed by atoms with Crippen molar-refractivity contribution in [1.82, 2.24) is 14.8 Å². The van der Waals surface area contributed by atoms with Gasteiger partial charge in [0.25, 0.3) is 5.91 Å². The van der Waals surface area contributed by atoms with Gasteiger partial charge in [-0.3, -0.25) is 9.69 Å². The van der Waals surface area contributed by atoms with Gasteiger partial charge in [-0.25, -0.2) is 9.78 Å². The first-order valence-electron chi connectivity index (χ1n) is 11.9. The van der Waals surface area contributed by atoms with E-state index in [1.165, 1.54) is 5.56 Å². The Balaban J connectivity index is 1.59. The molecule has 178 valence electrons. The van der Waals surface area contributed by atoms with Crippen LogP contribution in [0, 0.1) is 0 Å². The number of amides is 1. The maximum atomic E-state index is 13.1. The molecule has 0 unspecified atom stereocenters. The molecule has 0 N–H and O–H groups in total. The van der Waals surface area contributed by atoms with Gasteiger partial charge in [0.15, 0.2) is 0 Å². The quantitative estimate of drug-likeness (QED) is 0.567. The van der Waals surface area contributed by atoms with Crippen LogP contribution in [0.25, 0.3) is 0 Å². The van der Waals surface area contributed by atoms with E-state index in [0.717, 1.165) is 44.0 Å². The normalized spacial score (nSPS) is 14.5. The highest BCUT2D eigenvalue weighted by Crippen LogP contribution is 2.17. The number of ether oxygens (including phenoxy) is 1. The third-order valence-corrected chi connectivity index (χ3v) is 6.09. The van der Waals surface area contributed by atoms with Crippen molar-refractivity contribution in [3.63, 3.8) is 0 Å². The number of carbonyl (C=O) groups excluding carboxylic acids is 2.